The highest BCUT2D eigenvalue weighted by Gasteiger charge is 2.20. The first kappa shape index (κ1) is 22.0. The minimum Gasteiger partial charge on any atom is -0.494 e. The lowest BCUT2D eigenvalue weighted by Crippen LogP contribution is -2.15. The molecule has 0 aliphatic rings. The summed E-state index contributed by atoms with van der Waals surface area (Å²) in [6, 6.07) is 20.6. The molecule has 4 aromatic rings. The average molecular weight is 512 g/mol. The quantitative estimate of drug-likeness (QED) is 0.329. The summed E-state index contributed by atoms with van der Waals surface area (Å²) in [6.45, 7) is 4.39. The Labute approximate surface area is 199 Å². The minimum atomic E-state index is -0.441. The number of nitrogens with zero attached hydrogens (tertiary/aromatic N) is 3. The predicted octanol–water partition coefficient (Wildman–Crippen LogP) is 6.31. The van der Waals surface area contributed by atoms with Crippen molar-refractivity contribution in [2.45, 2.75) is 13.8 Å². The maximum atomic E-state index is 13.0. The van der Waals surface area contributed by atoms with Crippen molar-refractivity contribution < 1.29 is 9.53 Å². The number of amides is 1. The van der Waals surface area contributed by atoms with E-state index in [0.29, 0.717) is 23.1 Å². The lowest BCUT2D eigenvalue weighted by molar-refractivity contribution is 0.101. The molecule has 0 aliphatic carbocycles. The Hall–Kier alpha value is -3.16. The Bertz CT molecular complexity index is 1230. The van der Waals surface area contributed by atoms with E-state index in [1.165, 1.54) is 0 Å². The van der Waals surface area contributed by atoms with E-state index in [1.54, 1.807) is 10.7 Å². The molecule has 0 radical (unpaired) electrons. The molecule has 4 rings (SSSR count). The summed E-state index contributed by atoms with van der Waals surface area (Å²) in [5, 5.41) is 7.80. The number of hydrogen-bond donors (Lipinski definition) is 1. The van der Waals surface area contributed by atoms with Crippen molar-refractivity contribution in [1.29, 1.82) is 0 Å². The number of hydrogen-bond acceptors (Lipinski definition) is 4. The fraction of sp³-hybridized carbons (Fsp3) is 0.125. The van der Waals surface area contributed by atoms with Crippen molar-refractivity contribution >= 4 is 39.1 Å². The van der Waals surface area contributed by atoms with Gasteiger partial charge in [0.05, 0.1) is 23.0 Å². The maximum absolute atomic E-state index is 13.0. The molecular weight excluding hydrogens is 492 g/mol. The summed E-state index contributed by atoms with van der Waals surface area (Å²) in [6.07, 6.45) is 0. The van der Waals surface area contributed by atoms with Gasteiger partial charge < -0.3 is 10.1 Å². The third-order valence-electron chi connectivity index (χ3n) is 4.77. The van der Waals surface area contributed by atoms with Crippen molar-refractivity contribution in [1.82, 2.24) is 14.8 Å². The number of carbonyl (C=O) groups is 1. The van der Waals surface area contributed by atoms with Crippen molar-refractivity contribution in [3.63, 3.8) is 0 Å². The summed E-state index contributed by atoms with van der Waals surface area (Å²) < 4.78 is 8.12. The molecule has 32 heavy (non-hydrogen) atoms. The van der Waals surface area contributed by atoms with Gasteiger partial charge in [0.2, 0.25) is 5.82 Å². The van der Waals surface area contributed by atoms with Gasteiger partial charge in [-0.1, -0.05) is 51.8 Å². The Balaban J connectivity index is 1.75. The van der Waals surface area contributed by atoms with Gasteiger partial charge in [0.15, 0.2) is 5.82 Å². The first-order valence-corrected chi connectivity index (χ1v) is 11.2. The molecule has 162 valence electrons. The Morgan fingerprint density at radius 3 is 2.47 bits per heavy atom. The van der Waals surface area contributed by atoms with E-state index in [-0.39, 0.29) is 5.82 Å². The second kappa shape index (κ2) is 9.54. The van der Waals surface area contributed by atoms with E-state index in [9.17, 15) is 4.79 Å². The van der Waals surface area contributed by atoms with E-state index < -0.39 is 5.91 Å². The fourth-order valence-corrected chi connectivity index (χ4v) is 3.72. The SMILES string of the molecule is CCOc1ccc(-n2nc(C(=O)Nc3c(C)cccc3Cl)nc2-c2ccc(Br)cc2)cc1. The van der Waals surface area contributed by atoms with Crippen LogP contribution in [0.15, 0.2) is 71.2 Å². The van der Waals surface area contributed by atoms with Gasteiger partial charge in [0, 0.05) is 10.0 Å². The molecule has 1 N–H and O–H groups in total. The standard InChI is InChI=1S/C24H20BrClN4O2/c1-3-32-19-13-11-18(12-14-19)30-23(16-7-9-17(25)10-8-16)28-22(29-30)24(31)27-21-15(2)5-4-6-20(21)26/h4-14H,3H2,1-2H3,(H,27,31). The summed E-state index contributed by atoms with van der Waals surface area (Å²) in [4.78, 5) is 17.6. The minimum absolute atomic E-state index is 0.0381. The average Bonchev–Trinajstić information content (AvgIpc) is 3.23. The van der Waals surface area contributed by atoms with Crippen LogP contribution in [0.1, 0.15) is 23.1 Å². The van der Waals surface area contributed by atoms with Crippen LogP contribution in [0.25, 0.3) is 17.1 Å². The molecule has 8 heteroatoms. The van der Waals surface area contributed by atoms with Crippen molar-refractivity contribution in [3.8, 4) is 22.8 Å². The van der Waals surface area contributed by atoms with E-state index >= 15 is 0 Å². The van der Waals surface area contributed by atoms with Crippen molar-refractivity contribution in [2.24, 2.45) is 0 Å². The molecule has 1 amide bonds. The van der Waals surface area contributed by atoms with Crippen LogP contribution < -0.4 is 10.1 Å². The second-order valence-corrected chi connectivity index (χ2v) is 8.31. The molecule has 0 saturated carbocycles. The number of nitrogens with one attached hydrogen (secondary N) is 1. The highest BCUT2D eigenvalue weighted by Crippen LogP contribution is 2.27. The van der Waals surface area contributed by atoms with Crippen LogP contribution in [-0.4, -0.2) is 27.3 Å². The molecule has 0 spiro atoms. The molecule has 6 nitrogen and oxygen atoms in total. The Kier molecular flexibility index (Phi) is 6.58. The van der Waals surface area contributed by atoms with E-state index in [0.717, 1.165) is 27.0 Å². The van der Waals surface area contributed by atoms with Gasteiger partial charge in [0.25, 0.3) is 5.91 Å². The molecule has 0 aliphatic heterocycles. The molecule has 0 bridgehead atoms. The normalized spacial score (nSPS) is 10.8. The Morgan fingerprint density at radius 1 is 1.09 bits per heavy atom. The zero-order valence-electron chi connectivity index (χ0n) is 17.5. The Morgan fingerprint density at radius 2 is 1.81 bits per heavy atom. The van der Waals surface area contributed by atoms with E-state index in [2.05, 4.69) is 31.3 Å². The largest absolute Gasteiger partial charge is 0.494 e. The summed E-state index contributed by atoms with van der Waals surface area (Å²) >= 11 is 9.72. The van der Waals surface area contributed by atoms with Crippen LogP contribution >= 0.6 is 27.5 Å². The van der Waals surface area contributed by atoms with Crippen LogP contribution in [0.5, 0.6) is 5.75 Å². The maximum Gasteiger partial charge on any atom is 0.295 e. The van der Waals surface area contributed by atoms with Gasteiger partial charge >= 0.3 is 0 Å². The third-order valence-corrected chi connectivity index (χ3v) is 5.61. The van der Waals surface area contributed by atoms with Gasteiger partial charge in [-0.3, -0.25) is 4.79 Å². The lowest BCUT2D eigenvalue weighted by Gasteiger charge is -2.08. The van der Waals surface area contributed by atoms with Crippen LogP contribution in [0, 0.1) is 6.92 Å². The zero-order valence-corrected chi connectivity index (χ0v) is 19.8. The molecule has 1 heterocycles. The van der Waals surface area contributed by atoms with Crippen LogP contribution in [0.3, 0.4) is 0 Å². The zero-order chi connectivity index (χ0) is 22.7. The summed E-state index contributed by atoms with van der Waals surface area (Å²) in [5.41, 5.74) is 2.97. The topological polar surface area (TPSA) is 69.0 Å². The predicted molar refractivity (Wildman–Crippen MR) is 130 cm³/mol. The number of anilines is 1. The number of halogens is 2. The van der Waals surface area contributed by atoms with Crippen LogP contribution in [-0.2, 0) is 0 Å². The molecule has 1 aromatic heterocycles. The number of aryl methyl sites for hydroxylation is 1. The van der Waals surface area contributed by atoms with E-state index in [1.807, 2.05) is 74.5 Å². The van der Waals surface area contributed by atoms with Crippen LogP contribution in [0.2, 0.25) is 5.02 Å². The lowest BCUT2D eigenvalue weighted by atomic mass is 10.2. The van der Waals surface area contributed by atoms with E-state index in [4.69, 9.17) is 16.3 Å². The van der Waals surface area contributed by atoms with Gasteiger partial charge in [-0.05, 0) is 61.9 Å². The third kappa shape index (κ3) is 4.69. The molecule has 0 fully saturated rings. The van der Waals surface area contributed by atoms with Gasteiger partial charge in [-0.25, -0.2) is 9.67 Å². The van der Waals surface area contributed by atoms with Gasteiger partial charge in [-0.2, -0.15) is 0 Å². The number of aromatic nitrogens is 3. The molecule has 0 atom stereocenters. The number of ether oxygens (including phenoxy) is 1. The highest BCUT2D eigenvalue weighted by atomic mass is 79.9. The monoisotopic (exact) mass is 510 g/mol. The molecule has 0 unspecified atom stereocenters. The number of para-hydroxylation sites is 1. The first-order valence-electron chi connectivity index (χ1n) is 9.99. The van der Waals surface area contributed by atoms with Gasteiger partial charge in [-0.15, -0.1) is 5.10 Å². The molecular formula is C24H20BrClN4O2. The summed E-state index contributed by atoms with van der Waals surface area (Å²) in [5.74, 6) is 0.900. The van der Waals surface area contributed by atoms with Gasteiger partial charge in [0.1, 0.15) is 5.75 Å². The number of benzene rings is 3. The number of rotatable bonds is 6. The van der Waals surface area contributed by atoms with Crippen molar-refractivity contribution in [3.05, 3.63) is 87.6 Å². The first-order chi connectivity index (χ1) is 15.5. The molecule has 3 aromatic carbocycles. The highest BCUT2D eigenvalue weighted by molar-refractivity contribution is 9.10. The molecule has 0 saturated heterocycles. The van der Waals surface area contributed by atoms with Crippen molar-refractivity contribution in [2.75, 3.05) is 11.9 Å². The smallest absolute Gasteiger partial charge is 0.295 e. The number of carbonyl (C=O) groups excluding carboxylic acids is 1. The van der Waals surface area contributed by atoms with Crippen LogP contribution in [0.4, 0.5) is 5.69 Å². The fourth-order valence-electron chi connectivity index (χ4n) is 3.18. The second-order valence-electron chi connectivity index (χ2n) is 6.99. The summed E-state index contributed by atoms with van der Waals surface area (Å²) in [7, 11) is 0.